The number of ether oxygens (including phenoxy) is 1. The second-order valence-corrected chi connectivity index (χ2v) is 11.5. The van der Waals surface area contributed by atoms with Crippen molar-refractivity contribution in [3.05, 3.63) is 35.9 Å². The Hall–Kier alpha value is -2.29. The van der Waals surface area contributed by atoms with Crippen molar-refractivity contribution in [1.29, 1.82) is 0 Å². The van der Waals surface area contributed by atoms with Gasteiger partial charge in [0, 0.05) is 12.0 Å². The zero-order chi connectivity index (χ0) is 28.0. The van der Waals surface area contributed by atoms with E-state index in [2.05, 4.69) is 12.2 Å². The van der Waals surface area contributed by atoms with Crippen molar-refractivity contribution in [3.63, 3.8) is 0 Å². The summed E-state index contributed by atoms with van der Waals surface area (Å²) in [4.78, 5) is 38.9. The third-order valence-electron chi connectivity index (χ3n) is 7.00. The maximum absolute atomic E-state index is 13.5. The minimum Gasteiger partial charge on any atom is -0.413 e. The smallest absolute Gasteiger partial charge is 0.413 e. The fourth-order valence-electron chi connectivity index (χ4n) is 4.95. The summed E-state index contributed by atoms with van der Waals surface area (Å²) in [5.41, 5.74) is 0.633. The number of amides is 3. The molecule has 1 aliphatic rings. The molecular weight excluding hydrogens is 482 g/mol. The lowest BCUT2D eigenvalue weighted by atomic mass is 10.1. The summed E-state index contributed by atoms with van der Waals surface area (Å²) in [6.07, 6.45) is 7.29. The number of nitrogens with zero attached hydrogens (tertiary/aromatic N) is 2. The van der Waals surface area contributed by atoms with Gasteiger partial charge < -0.3 is 15.2 Å². The molecule has 2 N–H and O–H groups in total. The van der Waals surface area contributed by atoms with E-state index in [1.165, 1.54) is 0 Å². The van der Waals surface area contributed by atoms with Crippen molar-refractivity contribution in [3.8, 4) is 0 Å². The highest BCUT2D eigenvalue weighted by Crippen LogP contribution is 2.28. The van der Waals surface area contributed by atoms with Gasteiger partial charge in [-0.1, -0.05) is 67.5 Å². The second kappa shape index (κ2) is 16.0. The number of aliphatic hydroxyl groups is 1. The largest absolute Gasteiger partial charge is 0.544 e. The Kier molecular flexibility index (Phi) is 13.4. The Bertz CT molecular complexity index is 870. The first-order valence-corrected chi connectivity index (χ1v) is 14.5. The molecule has 0 bridgehead atoms. The normalized spacial score (nSPS) is 18.9. The molecule has 2 rings (SSSR count). The molecule has 8 nitrogen and oxygen atoms in total. The molecule has 1 aliphatic heterocycles. The molecule has 0 spiro atoms. The van der Waals surface area contributed by atoms with Gasteiger partial charge in [-0.25, -0.2) is 4.79 Å². The van der Waals surface area contributed by atoms with Gasteiger partial charge in [-0.05, 0) is 58.4 Å². The topological polar surface area (TPSA) is 95.9 Å². The average molecular weight is 533 g/mol. The Labute approximate surface area is 229 Å². The maximum atomic E-state index is 13.5. The molecule has 8 heteroatoms. The lowest BCUT2D eigenvalue weighted by Gasteiger charge is -2.35. The first-order chi connectivity index (χ1) is 18.1. The van der Waals surface area contributed by atoms with Gasteiger partial charge in [-0.2, -0.15) is 4.79 Å². The molecular formula is C30H50N3O5+. The average Bonchev–Trinajstić information content (AvgIpc) is 3.19. The van der Waals surface area contributed by atoms with E-state index < -0.39 is 16.8 Å². The number of nitrogens with one attached hydrogen (secondary N) is 1. The fraction of sp³-hybridized carbons (Fsp3) is 0.700. The van der Waals surface area contributed by atoms with Crippen LogP contribution in [0, 0.1) is 0 Å². The van der Waals surface area contributed by atoms with E-state index in [1.54, 1.807) is 0 Å². The minimum absolute atomic E-state index is 0.0453. The Balaban J connectivity index is 2.00. The van der Waals surface area contributed by atoms with E-state index in [0.29, 0.717) is 45.3 Å². The van der Waals surface area contributed by atoms with E-state index in [0.717, 1.165) is 50.5 Å². The first kappa shape index (κ1) is 31.9. The lowest BCUT2D eigenvalue weighted by Crippen LogP contribution is -2.63. The molecule has 1 heterocycles. The lowest BCUT2D eigenvalue weighted by molar-refractivity contribution is -0.895. The van der Waals surface area contributed by atoms with Gasteiger partial charge in [0.25, 0.3) is 0 Å². The summed E-state index contributed by atoms with van der Waals surface area (Å²) in [7, 11) is 0. The molecule has 0 aliphatic carbocycles. The van der Waals surface area contributed by atoms with Crippen LogP contribution in [0.25, 0.3) is 0 Å². The number of rotatable bonds is 16. The summed E-state index contributed by atoms with van der Waals surface area (Å²) in [5.74, 6) is -0.100. The summed E-state index contributed by atoms with van der Waals surface area (Å²) in [6, 6.07) is 9.47. The van der Waals surface area contributed by atoms with E-state index in [-0.39, 0.29) is 24.0 Å². The molecule has 38 heavy (non-hydrogen) atoms. The van der Waals surface area contributed by atoms with Crippen molar-refractivity contribution in [2.24, 2.45) is 0 Å². The van der Waals surface area contributed by atoms with Crippen LogP contribution in [0.5, 0.6) is 0 Å². The molecule has 214 valence electrons. The monoisotopic (exact) mass is 532 g/mol. The number of imide groups is 1. The SMILES string of the molecule is CCCCCC(O)CCN1CCC(=O)[N+]1(CCCCCCC(=O)NC(C)(C)C)C(=O)OCc1ccccc1. The molecule has 0 radical (unpaired) electrons. The van der Waals surface area contributed by atoms with Crippen molar-refractivity contribution in [1.82, 2.24) is 10.3 Å². The maximum Gasteiger partial charge on any atom is 0.544 e. The quantitative estimate of drug-likeness (QED) is 0.216. The zero-order valence-electron chi connectivity index (χ0n) is 24.0. The predicted octanol–water partition coefficient (Wildman–Crippen LogP) is 5.48. The van der Waals surface area contributed by atoms with Gasteiger partial charge >= 0.3 is 12.0 Å². The number of benzene rings is 1. The van der Waals surface area contributed by atoms with E-state index in [9.17, 15) is 19.5 Å². The molecule has 3 amide bonds. The summed E-state index contributed by atoms with van der Waals surface area (Å²) >= 11 is 0. The van der Waals surface area contributed by atoms with E-state index >= 15 is 0 Å². The summed E-state index contributed by atoms with van der Waals surface area (Å²) < 4.78 is 5.28. The van der Waals surface area contributed by atoms with Crippen LogP contribution in [-0.2, 0) is 20.9 Å². The summed E-state index contributed by atoms with van der Waals surface area (Å²) in [6.45, 7) is 9.43. The van der Waals surface area contributed by atoms with Crippen LogP contribution in [0.3, 0.4) is 0 Å². The van der Waals surface area contributed by atoms with Gasteiger partial charge in [-0.3, -0.25) is 4.79 Å². The van der Waals surface area contributed by atoms with Crippen LogP contribution in [-0.4, -0.2) is 63.9 Å². The van der Waals surface area contributed by atoms with Crippen molar-refractivity contribution in [2.75, 3.05) is 19.6 Å². The summed E-state index contributed by atoms with van der Waals surface area (Å²) in [5, 5.41) is 15.4. The van der Waals surface area contributed by atoms with Gasteiger partial charge in [0.1, 0.15) is 13.2 Å². The number of quaternary nitrogens is 1. The molecule has 2 atom stereocenters. The standard InChI is InChI=1S/C30H49N3O5/c1-5-6-10-17-26(34)19-21-32-22-20-28(36)33(32,29(37)38-24-25-15-11-9-12-16-25)23-14-8-7-13-18-27(35)31-30(2,3)4/h9,11-12,15-16,26,34H,5-8,10,13-14,17-24H2,1-4H3/p+1. The predicted molar refractivity (Wildman–Crippen MR) is 149 cm³/mol. The molecule has 1 fully saturated rings. The number of unbranched alkanes of at least 4 members (excludes halogenated alkanes) is 5. The molecule has 2 unspecified atom stereocenters. The molecule has 1 aromatic rings. The third kappa shape index (κ3) is 10.5. The van der Waals surface area contributed by atoms with Crippen molar-refractivity contribution in [2.45, 2.75) is 117 Å². The van der Waals surface area contributed by atoms with E-state index in [4.69, 9.17) is 4.74 Å². The Morgan fingerprint density at radius 1 is 1.05 bits per heavy atom. The first-order valence-electron chi connectivity index (χ1n) is 14.5. The van der Waals surface area contributed by atoms with Gasteiger partial charge in [0.15, 0.2) is 0 Å². The number of hydrogen-bond acceptors (Lipinski definition) is 6. The molecule has 1 saturated heterocycles. The molecule has 0 aromatic heterocycles. The van der Waals surface area contributed by atoms with Gasteiger partial charge in [0.05, 0.1) is 25.6 Å². The number of aliphatic hydroxyl groups excluding tert-OH is 1. The zero-order valence-corrected chi connectivity index (χ0v) is 24.0. The Morgan fingerprint density at radius 3 is 2.45 bits per heavy atom. The van der Waals surface area contributed by atoms with Crippen LogP contribution in [0.2, 0.25) is 0 Å². The Morgan fingerprint density at radius 2 is 1.76 bits per heavy atom. The molecule has 1 aromatic carbocycles. The van der Waals surface area contributed by atoms with Crippen LogP contribution in [0.4, 0.5) is 4.79 Å². The third-order valence-corrected chi connectivity index (χ3v) is 7.00. The fourth-order valence-corrected chi connectivity index (χ4v) is 4.95. The van der Waals surface area contributed by atoms with Crippen molar-refractivity contribution >= 4 is 17.9 Å². The number of hydrogen-bond donors (Lipinski definition) is 2. The minimum atomic E-state index is -0.540. The van der Waals surface area contributed by atoms with Crippen LogP contribution >= 0.6 is 0 Å². The van der Waals surface area contributed by atoms with Gasteiger partial charge in [-0.15, -0.1) is 5.01 Å². The van der Waals surface area contributed by atoms with Crippen LogP contribution in [0.15, 0.2) is 30.3 Å². The highest BCUT2D eigenvalue weighted by molar-refractivity contribution is 5.82. The highest BCUT2D eigenvalue weighted by Gasteiger charge is 2.56. The van der Waals surface area contributed by atoms with Crippen molar-refractivity contribution < 1.29 is 28.8 Å². The van der Waals surface area contributed by atoms with Crippen LogP contribution < -0.4 is 5.32 Å². The van der Waals surface area contributed by atoms with Crippen LogP contribution in [0.1, 0.15) is 104 Å². The van der Waals surface area contributed by atoms with Gasteiger partial charge in [0.2, 0.25) is 5.91 Å². The number of carbonyl (C=O) groups excluding carboxylic acids is 3. The second-order valence-electron chi connectivity index (χ2n) is 11.5. The molecule has 0 saturated carbocycles. The van der Waals surface area contributed by atoms with E-state index in [1.807, 2.05) is 56.1 Å². The number of carbonyl (C=O) groups is 3. The highest BCUT2D eigenvalue weighted by atomic mass is 16.6.